The molecule has 0 radical (unpaired) electrons. The molecule has 0 heterocycles. The lowest BCUT2D eigenvalue weighted by Crippen LogP contribution is -2.01. The minimum absolute atomic E-state index is 0.0332. The van der Waals surface area contributed by atoms with Gasteiger partial charge in [-0.2, -0.15) is 0 Å². The SMILES string of the molecule is C=COc1c(OC)cc(C=C)c([N+](=O)[O-])c1OC. The zero-order valence-corrected chi connectivity index (χ0v) is 10.1. The molecule has 0 aliphatic rings. The number of methoxy groups -OCH3 is 2. The third-order valence-corrected chi connectivity index (χ3v) is 2.23. The van der Waals surface area contributed by atoms with Crippen molar-refractivity contribution in [3.63, 3.8) is 0 Å². The van der Waals surface area contributed by atoms with Crippen molar-refractivity contribution in [1.82, 2.24) is 0 Å². The highest BCUT2D eigenvalue weighted by molar-refractivity contribution is 5.74. The fourth-order valence-corrected chi connectivity index (χ4v) is 1.51. The lowest BCUT2D eigenvalue weighted by atomic mass is 10.1. The van der Waals surface area contributed by atoms with Crippen molar-refractivity contribution in [3.05, 3.63) is 41.2 Å². The van der Waals surface area contributed by atoms with Crippen molar-refractivity contribution >= 4 is 11.8 Å². The molecule has 0 bridgehead atoms. The van der Waals surface area contributed by atoms with Gasteiger partial charge in [-0.3, -0.25) is 10.1 Å². The van der Waals surface area contributed by atoms with Gasteiger partial charge in [0.05, 0.1) is 31.0 Å². The van der Waals surface area contributed by atoms with Crippen LogP contribution in [-0.2, 0) is 0 Å². The summed E-state index contributed by atoms with van der Waals surface area (Å²) in [6.45, 7) is 6.92. The Morgan fingerprint density at radius 1 is 1.28 bits per heavy atom. The van der Waals surface area contributed by atoms with Gasteiger partial charge >= 0.3 is 5.69 Å². The van der Waals surface area contributed by atoms with Gasteiger partial charge in [-0.25, -0.2) is 0 Å². The van der Waals surface area contributed by atoms with E-state index in [1.54, 1.807) is 0 Å². The number of hydrogen-bond acceptors (Lipinski definition) is 5. The smallest absolute Gasteiger partial charge is 0.322 e. The molecule has 6 nitrogen and oxygen atoms in total. The molecule has 0 saturated heterocycles. The number of ether oxygens (including phenoxy) is 3. The zero-order valence-electron chi connectivity index (χ0n) is 10.1. The zero-order chi connectivity index (χ0) is 13.7. The first kappa shape index (κ1) is 13.6. The standard InChI is InChI=1S/C12H13NO5/c1-5-8-7-9(16-3)11(18-6-2)12(17-4)10(8)13(14)15/h5-7H,1-2H2,3-4H3. The second-order valence-electron chi connectivity index (χ2n) is 3.12. The van der Waals surface area contributed by atoms with Crippen LogP contribution >= 0.6 is 0 Å². The Balaban J connectivity index is 3.68. The van der Waals surface area contributed by atoms with Gasteiger partial charge in [-0.05, 0) is 6.07 Å². The van der Waals surface area contributed by atoms with Crippen molar-refractivity contribution in [2.45, 2.75) is 0 Å². The molecule has 1 rings (SSSR count). The van der Waals surface area contributed by atoms with Gasteiger partial charge in [0, 0.05) is 0 Å². The summed E-state index contributed by atoms with van der Waals surface area (Å²) in [5, 5.41) is 11.1. The average Bonchev–Trinajstić information content (AvgIpc) is 2.37. The highest BCUT2D eigenvalue weighted by atomic mass is 16.6. The van der Waals surface area contributed by atoms with Crippen LogP contribution in [0.25, 0.3) is 6.08 Å². The van der Waals surface area contributed by atoms with Gasteiger partial charge in [0.1, 0.15) is 0 Å². The molecule has 1 aromatic carbocycles. The average molecular weight is 251 g/mol. The maximum atomic E-state index is 11.1. The Labute approximate surface area is 104 Å². The van der Waals surface area contributed by atoms with Crippen molar-refractivity contribution in [2.75, 3.05) is 14.2 Å². The molecule has 0 saturated carbocycles. The van der Waals surface area contributed by atoms with E-state index in [1.165, 1.54) is 26.4 Å². The van der Waals surface area contributed by atoms with E-state index in [2.05, 4.69) is 13.2 Å². The van der Waals surface area contributed by atoms with Crippen molar-refractivity contribution < 1.29 is 19.1 Å². The van der Waals surface area contributed by atoms with Gasteiger partial charge in [0.15, 0.2) is 5.75 Å². The van der Waals surface area contributed by atoms with E-state index in [0.717, 1.165) is 6.26 Å². The summed E-state index contributed by atoms with van der Waals surface area (Å²) in [6.07, 6.45) is 2.48. The molecule has 0 N–H and O–H groups in total. The number of nitrogens with zero attached hydrogens (tertiary/aromatic N) is 1. The monoisotopic (exact) mass is 251 g/mol. The molecule has 18 heavy (non-hydrogen) atoms. The van der Waals surface area contributed by atoms with E-state index in [9.17, 15) is 10.1 Å². The maximum absolute atomic E-state index is 11.1. The number of rotatable bonds is 6. The van der Waals surface area contributed by atoms with Gasteiger partial charge in [-0.1, -0.05) is 19.2 Å². The van der Waals surface area contributed by atoms with Crippen molar-refractivity contribution in [1.29, 1.82) is 0 Å². The number of nitro groups is 1. The highest BCUT2D eigenvalue weighted by Crippen LogP contribution is 2.46. The van der Waals surface area contributed by atoms with Crippen LogP contribution < -0.4 is 14.2 Å². The van der Waals surface area contributed by atoms with Crippen LogP contribution in [0.5, 0.6) is 17.2 Å². The summed E-state index contributed by atoms with van der Waals surface area (Å²) in [4.78, 5) is 10.5. The lowest BCUT2D eigenvalue weighted by molar-refractivity contribution is -0.386. The molecular weight excluding hydrogens is 238 g/mol. The van der Waals surface area contributed by atoms with E-state index < -0.39 is 4.92 Å². The number of benzene rings is 1. The van der Waals surface area contributed by atoms with Crippen LogP contribution in [-0.4, -0.2) is 19.1 Å². The molecular formula is C12H13NO5. The molecule has 1 aromatic rings. The van der Waals surface area contributed by atoms with Gasteiger partial charge in [-0.15, -0.1) is 0 Å². The summed E-state index contributed by atoms with van der Waals surface area (Å²) in [7, 11) is 2.73. The Morgan fingerprint density at radius 3 is 2.33 bits per heavy atom. The molecule has 6 heteroatoms. The van der Waals surface area contributed by atoms with Crippen LogP contribution in [0.15, 0.2) is 25.5 Å². The predicted octanol–water partition coefficient (Wildman–Crippen LogP) is 2.78. The van der Waals surface area contributed by atoms with E-state index in [4.69, 9.17) is 14.2 Å². The maximum Gasteiger partial charge on any atom is 0.322 e. The summed E-state index contributed by atoms with van der Waals surface area (Å²) < 4.78 is 15.2. The van der Waals surface area contributed by atoms with E-state index in [-0.39, 0.29) is 22.7 Å². The lowest BCUT2D eigenvalue weighted by Gasteiger charge is -2.13. The van der Waals surface area contributed by atoms with Crippen LogP contribution in [0, 0.1) is 10.1 Å². The van der Waals surface area contributed by atoms with Gasteiger partial charge in [0.2, 0.25) is 11.5 Å². The summed E-state index contributed by atoms with van der Waals surface area (Å²) in [5.74, 6) is 0.369. The Bertz CT molecular complexity index is 496. The van der Waals surface area contributed by atoms with Crippen LogP contribution in [0.4, 0.5) is 5.69 Å². The topological polar surface area (TPSA) is 70.8 Å². The summed E-state index contributed by atoms with van der Waals surface area (Å²) >= 11 is 0. The Hall–Kier alpha value is -2.50. The van der Waals surface area contributed by atoms with Crippen molar-refractivity contribution in [2.24, 2.45) is 0 Å². The first-order valence-electron chi connectivity index (χ1n) is 4.94. The van der Waals surface area contributed by atoms with E-state index in [0.29, 0.717) is 5.75 Å². The van der Waals surface area contributed by atoms with Crippen LogP contribution in [0.1, 0.15) is 5.56 Å². The molecule has 0 unspecified atom stereocenters. The molecule has 0 atom stereocenters. The Kier molecular flexibility index (Phi) is 4.31. The normalized spacial score (nSPS) is 9.44. The largest absolute Gasteiger partial charge is 0.493 e. The molecule has 0 aromatic heterocycles. The predicted molar refractivity (Wildman–Crippen MR) is 67.1 cm³/mol. The minimum atomic E-state index is -0.564. The molecule has 96 valence electrons. The first-order valence-corrected chi connectivity index (χ1v) is 4.94. The first-order chi connectivity index (χ1) is 8.60. The van der Waals surface area contributed by atoms with Gasteiger partial charge in [0.25, 0.3) is 0 Å². The van der Waals surface area contributed by atoms with E-state index >= 15 is 0 Å². The summed E-state index contributed by atoms with van der Waals surface area (Å²) in [6, 6.07) is 1.45. The van der Waals surface area contributed by atoms with Crippen LogP contribution in [0.2, 0.25) is 0 Å². The fourth-order valence-electron chi connectivity index (χ4n) is 1.51. The second-order valence-corrected chi connectivity index (χ2v) is 3.12. The number of hydrogen-bond donors (Lipinski definition) is 0. The quantitative estimate of drug-likeness (QED) is 0.441. The molecule has 0 amide bonds. The molecule has 0 aliphatic heterocycles. The molecule has 0 aliphatic carbocycles. The Morgan fingerprint density at radius 2 is 1.94 bits per heavy atom. The fraction of sp³-hybridized carbons (Fsp3) is 0.167. The van der Waals surface area contributed by atoms with E-state index in [1.807, 2.05) is 0 Å². The molecule has 0 spiro atoms. The third kappa shape index (κ3) is 2.27. The summed E-state index contributed by atoms with van der Waals surface area (Å²) in [5.41, 5.74) is 0.0512. The van der Waals surface area contributed by atoms with Gasteiger partial charge < -0.3 is 14.2 Å². The minimum Gasteiger partial charge on any atom is -0.493 e. The van der Waals surface area contributed by atoms with Crippen LogP contribution in [0.3, 0.4) is 0 Å². The number of nitro benzene ring substituents is 1. The highest BCUT2D eigenvalue weighted by Gasteiger charge is 2.27. The second kappa shape index (κ2) is 5.72. The molecule has 0 fully saturated rings. The third-order valence-electron chi connectivity index (χ3n) is 2.23. The van der Waals surface area contributed by atoms with Crippen molar-refractivity contribution in [3.8, 4) is 17.2 Å².